The van der Waals surface area contributed by atoms with Gasteiger partial charge in [-0.05, 0) is 60.4 Å². The first kappa shape index (κ1) is 14.0. The molecule has 0 spiro atoms. The lowest BCUT2D eigenvalue weighted by Gasteiger charge is -2.25. The SMILES string of the molecule is C/C=C/c1ccc(C2CCc3c(ccc(F)c3F)C2)cc1. The fourth-order valence-corrected chi connectivity index (χ4v) is 3.14. The normalized spacial score (nSPS) is 18.0. The van der Waals surface area contributed by atoms with Crippen molar-refractivity contribution in [3.05, 3.63) is 76.4 Å². The summed E-state index contributed by atoms with van der Waals surface area (Å²) in [7, 11) is 0. The average Bonchev–Trinajstić information content (AvgIpc) is 2.52. The standard InChI is InChI=1S/C19H18F2/c1-2-3-13-4-6-14(7-5-13)15-8-10-17-16(12-15)9-11-18(20)19(17)21/h2-7,9,11,15H,8,10,12H2,1H3/b3-2+. The minimum atomic E-state index is -0.733. The maximum absolute atomic E-state index is 13.8. The number of halogens is 2. The second-order valence-corrected chi connectivity index (χ2v) is 5.61. The summed E-state index contributed by atoms with van der Waals surface area (Å²) in [5, 5.41) is 0. The average molecular weight is 284 g/mol. The summed E-state index contributed by atoms with van der Waals surface area (Å²) in [5.41, 5.74) is 3.98. The van der Waals surface area contributed by atoms with Crippen LogP contribution >= 0.6 is 0 Å². The summed E-state index contributed by atoms with van der Waals surface area (Å²) < 4.78 is 27.0. The van der Waals surface area contributed by atoms with E-state index in [-0.39, 0.29) is 0 Å². The van der Waals surface area contributed by atoms with Gasteiger partial charge in [0, 0.05) is 0 Å². The van der Waals surface area contributed by atoms with Gasteiger partial charge in [-0.15, -0.1) is 0 Å². The predicted octanol–water partition coefficient (Wildman–Crippen LogP) is 5.27. The smallest absolute Gasteiger partial charge is 0.162 e. The van der Waals surface area contributed by atoms with E-state index in [1.807, 2.05) is 13.0 Å². The van der Waals surface area contributed by atoms with Crippen LogP contribution in [0.4, 0.5) is 8.78 Å². The van der Waals surface area contributed by atoms with Gasteiger partial charge in [-0.1, -0.05) is 42.5 Å². The van der Waals surface area contributed by atoms with E-state index in [1.165, 1.54) is 17.2 Å². The van der Waals surface area contributed by atoms with Gasteiger partial charge in [0.2, 0.25) is 0 Å². The Morgan fingerprint density at radius 1 is 1.05 bits per heavy atom. The molecular formula is C19H18F2. The third-order valence-corrected chi connectivity index (χ3v) is 4.27. The Morgan fingerprint density at radius 2 is 1.81 bits per heavy atom. The second-order valence-electron chi connectivity index (χ2n) is 5.61. The third-order valence-electron chi connectivity index (χ3n) is 4.27. The summed E-state index contributed by atoms with van der Waals surface area (Å²) in [6.07, 6.45) is 6.35. The van der Waals surface area contributed by atoms with E-state index in [0.29, 0.717) is 17.9 Å². The van der Waals surface area contributed by atoms with E-state index < -0.39 is 11.6 Å². The zero-order valence-electron chi connectivity index (χ0n) is 12.1. The van der Waals surface area contributed by atoms with Crippen molar-refractivity contribution in [3.63, 3.8) is 0 Å². The molecule has 0 radical (unpaired) electrons. The molecule has 1 atom stereocenters. The van der Waals surface area contributed by atoms with Crippen LogP contribution in [-0.2, 0) is 12.8 Å². The van der Waals surface area contributed by atoms with Crippen LogP contribution in [0, 0.1) is 11.6 Å². The van der Waals surface area contributed by atoms with E-state index >= 15 is 0 Å². The summed E-state index contributed by atoms with van der Waals surface area (Å²) in [6.45, 7) is 2.00. The molecule has 3 rings (SSSR count). The Morgan fingerprint density at radius 3 is 2.52 bits per heavy atom. The molecular weight excluding hydrogens is 266 g/mol. The Labute approximate surface area is 124 Å². The van der Waals surface area contributed by atoms with Gasteiger partial charge >= 0.3 is 0 Å². The first-order valence-electron chi connectivity index (χ1n) is 7.37. The number of benzene rings is 2. The van der Waals surface area contributed by atoms with Crippen LogP contribution in [0.1, 0.15) is 41.5 Å². The summed E-state index contributed by atoms with van der Waals surface area (Å²) >= 11 is 0. The van der Waals surface area contributed by atoms with Crippen LogP contribution in [0.5, 0.6) is 0 Å². The van der Waals surface area contributed by atoms with Crippen molar-refractivity contribution in [1.29, 1.82) is 0 Å². The highest BCUT2D eigenvalue weighted by Gasteiger charge is 2.23. The zero-order valence-corrected chi connectivity index (χ0v) is 12.1. The first-order valence-corrected chi connectivity index (χ1v) is 7.37. The Kier molecular flexibility index (Phi) is 3.87. The van der Waals surface area contributed by atoms with Gasteiger partial charge < -0.3 is 0 Å². The van der Waals surface area contributed by atoms with Gasteiger partial charge in [-0.3, -0.25) is 0 Å². The fraction of sp³-hybridized carbons (Fsp3) is 0.263. The van der Waals surface area contributed by atoms with Gasteiger partial charge in [-0.25, -0.2) is 8.78 Å². The highest BCUT2D eigenvalue weighted by molar-refractivity contribution is 5.49. The van der Waals surface area contributed by atoms with E-state index in [0.717, 1.165) is 18.4 Å². The van der Waals surface area contributed by atoms with Gasteiger partial charge in [0.15, 0.2) is 11.6 Å². The van der Waals surface area contributed by atoms with Crippen LogP contribution < -0.4 is 0 Å². The third kappa shape index (κ3) is 2.76. The van der Waals surface area contributed by atoms with Crippen LogP contribution in [0.25, 0.3) is 6.08 Å². The fourth-order valence-electron chi connectivity index (χ4n) is 3.14. The van der Waals surface area contributed by atoms with Crippen molar-refractivity contribution in [1.82, 2.24) is 0 Å². The van der Waals surface area contributed by atoms with Crippen molar-refractivity contribution >= 4 is 6.08 Å². The molecule has 2 heteroatoms. The highest BCUT2D eigenvalue weighted by atomic mass is 19.2. The van der Waals surface area contributed by atoms with Crippen molar-refractivity contribution in [3.8, 4) is 0 Å². The number of hydrogen-bond donors (Lipinski definition) is 0. The quantitative estimate of drug-likeness (QED) is 0.704. The van der Waals surface area contributed by atoms with E-state index in [9.17, 15) is 8.78 Å². The lowest BCUT2D eigenvalue weighted by molar-refractivity contribution is 0.478. The minimum Gasteiger partial charge on any atom is -0.204 e. The Bertz CT molecular complexity index is 669. The number of hydrogen-bond acceptors (Lipinski definition) is 0. The van der Waals surface area contributed by atoms with Crippen molar-refractivity contribution in [2.24, 2.45) is 0 Å². The molecule has 2 aromatic rings. The molecule has 0 bridgehead atoms. The molecule has 21 heavy (non-hydrogen) atoms. The van der Waals surface area contributed by atoms with E-state index in [4.69, 9.17) is 0 Å². The molecule has 0 N–H and O–H groups in total. The molecule has 0 saturated carbocycles. The maximum atomic E-state index is 13.8. The van der Waals surface area contributed by atoms with Crippen LogP contribution in [0.15, 0.2) is 42.5 Å². The number of fused-ring (bicyclic) bond motifs is 1. The zero-order chi connectivity index (χ0) is 14.8. The second kappa shape index (κ2) is 5.80. The van der Waals surface area contributed by atoms with Crippen molar-refractivity contribution in [2.75, 3.05) is 0 Å². The van der Waals surface area contributed by atoms with Crippen molar-refractivity contribution < 1.29 is 8.78 Å². The number of allylic oxidation sites excluding steroid dienone is 1. The monoisotopic (exact) mass is 284 g/mol. The van der Waals surface area contributed by atoms with Crippen LogP contribution in [0.3, 0.4) is 0 Å². The largest absolute Gasteiger partial charge is 0.204 e. The molecule has 0 aromatic heterocycles. The Hall–Kier alpha value is -1.96. The summed E-state index contributed by atoms with van der Waals surface area (Å²) in [5.74, 6) is -1.00. The molecule has 0 fully saturated rings. The lowest BCUT2D eigenvalue weighted by Crippen LogP contribution is -2.15. The molecule has 108 valence electrons. The first-order chi connectivity index (χ1) is 10.2. The molecule has 0 heterocycles. The predicted molar refractivity (Wildman–Crippen MR) is 82.3 cm³/mol. The molecule has 2 aromatic carbocycles. The molecule has 0 amide bonds. The minimum absolute atomic E-state index is 0.391. The highest BCUT2D eigenvalue weighted by Crippen LogP contribution is 2.34. The molecule has 1 unspecified atom stereocenters. The van der Waals surface area contributed by atoms with E-state index in [1.54, 1.807) is 6.07 Å². The van der Waals surface area contributed by atoms with Gasteiger partial charge in [0.25, 0.3) is 0 Å². The van der Waals surface area contributed by atoms with Gasteiger partial charge in [0.1, 0.15) is 0 Å². The van der Waals surface area contributed by atoms with Gasteiger partial charge in [0.05, 0.1) is 0 Å². The molecule has 0 aliphatic heterocycles. The topological polar surface area (TPSA) is 0 Å². The molecule has 0 nitrogen and oxygen atoms in total. The number of rotatable bonds is 2. The van der Waals surface area contributed by atoms with Crippen LogP contribution in [0.2, 0.25) is 0 Å². The summed E-state index contributed by atoms with van der Waals surface area (Å²) in [4.78, 5) is 0. The maximum Gasteiger partial charge on any atom is 0.162 e. The molecule has 1 aliphatic rings. The lowest BCUT2D eigenvalue weighted by atomic mass is 9.80. The van der Waals surface area contributed by atoms with Crippen molar-refractivity contribution in [2.45, 2.75) is 32.1 Å². The molecule has 0 saturated heterocycles. The summed E-state index contributed by atoms with van der Waals surface area (Å²) in [6, 6.07) is 11.5. The van der Waals surface area contributed by atoms with Crippen LogP contribution in [-0.4, -0.2) is 0 Å². The van der Waals surface area contributed by atoms with E-state index in [2.05, 4.69) is 30.3 Å². The van der Waals surface area contributed by atoms with Gasteiger partial charge in [-0.2, -0.15) is 0 Å². The Balaban J connectivity index is 1.84. The molecule has 1 aliphatic carbocycles.